The summed E-state index contributed by atoms with van der Waals surface area (Å²) in [4.78, 5) is 36.2. The van der Waals surface area contributed by atoms with Gasteiger partial charge in [0.25, 0.3) is 0 Å². The van der Waals surface area contributed by atoms with E-state index in [2.05, 4.69) is 0 Å². The number of benzene rings is 2. The first-order chi connectivity index (χ1) is 13.5. The van der Waals surface area contributed by atoms with Gasteiger partial charge in [-0.05, 0) is 36.6 Å². The van der Waals surface area contributed by atoms with Gasteiger partial charge in [0.15, 0.2) is 0 Å². The summed E-state index contributed by atoms with van der Waals surface area (Å²) >= 11 is 0. The number of carbonyl (C=O) groups excluding carboxylic acids is 3. The van der Waals surface area contributed by atoms with Gasteiger partial charge < -0.3 is 14.2 Å². The zero-order valence-corrected chi connectivity index (χ0v) is 16.1. The second-order valence-corrected chi connectivity index (χ2v) is 6.17. The van der Waals surface area contributed by atoms with E-state index in [-0.39, 0.29) is 36.5 Å². The summed E-state index contributed by atoms with van der Waals surface area (Å²) in [6.45, 7) is 3.79. The van der Waals surface area contributed by atoms with Gasteiger partial charge in [0, 0.05) is 12.8 Å². The van der Waals surface area contributed by atoms with Crippen molar-refractivity contribution in [1.29, 1.82) is 0 Å². The van der Waals surface area contributed by atoms with E-state index in [0.29, 0.717) is 12.8 Å². The van der Waals surface area contributed by atoms with Crippen molar-refractivity contribution in [2.45, 2.75) is 46.1 Å². The minimum Gasteiger partial charge on any atom is -0.457 e. The van der Waals surface area contributed by atoms with Crippen LogP contribution in [0.4, 0.5) is 0 Å². The van der Waals surface area contributed by atoms with Gasteiger partial charge in [0.1, 0.15) is 23.7 Å². The highest BCUT2D eigenvalue weighted by Crippen LogP contribution is 2.26. The molecule has 6 heteroatoms. The van der Waals surface area contributed by atoms with Crippen LogP contribution in [0.25, 0.3) is 0 Å². The fourth-order valence-electron chi connectivity index (χ4n) is 2.39. The molecule has 0 aliphatic heterocycles. The van der Waals surface area contributed by atoms with E-state index in [4.69, 9.17) is 14.2 Å². The lowest BCUT2D eigenvalue weighted by atomic mass is 10.2. The van der Waals surface area contributed by atoms with E-state index >= 15 is 0 Å². The first kappa shape index (κ1) is 21.2. The molecule has 0 heterocycles. The van der Waals surface area contributed by atoms with E-state index < -0.39 is 17.9 Å². The molecule has 148 valence electrons. The average Bonchev–Trinajstić information content (AvgIpc) is 2.68. The Morgan fingerprint density at radius 1 is 0.821 bits per heavy atom. The predicted molar refractivity (Wildman–Crippen MR) is 103 cm³/mol. The van der Waals surface area contributed by atoms with Crippen LogP contribution >= 0.6 is 0 Å². The Bertz CT molecular complexity index is 813. The van der Waals surface area contributed by atoms with Gasteiger partial charge in [-0.3, -0.25) is 9.59 Å². The van der Waals surface area contributed by atoms with Gasteiger partial charge >= 0.3 is 17.9 Å². The summed E-state index contributed by atoms with van der Waals surface area (Å²) in [5.74, 6) is -1.25. The zero-order valence-electron chi connectivity index (χ0n) is 16.1. The second-order valence-electron chi connectivity index (χ2n) is 6.17. The summed E-state index contributed by atoms with van der Waals surface area (Å²) in [6, 6.07) is 13.5. The third-order valence-electron chi connectivity index (χ3n) is 3.75. The summed E-state index contributed by atoms with van der Waals surface area (Å²) in [5, 5.41) is 0. The molecular weight excluding hydrogens is 360 g/mol. The number of hydrogen-bond donors (Lipinski definition) is 0. The van der Waals surface area contributed by atoms with Crippen LogP contribution in [0.2, 0.25) is 0 Å². The van der Waals surface area contributed by atoms with Crippen LogP contribution in [-0.2, 0) is 20.9 Å². The number of ether oxygens (including phenoxy) is 3. The minimum atomic E-state index is -0.670. The molecule has 2 rings (SSSR count). The number of esters is 3. The topological polar surface area (TPSA) is 78.9 Å². The van der Waals surface area contributed by atoms with Gasteiger partial charge in [0.05, 0.1) is 0 Å². The van der Waals surface area contributed by atoms with Crippen LogP contribution in [0.5, 0.6) is 11.5 Å². The summed E-state index contributed by atoms with van der Waals surface area (Å²) in [7, 11) is 0. The molecule has 0 unspecified atom stereocenters. The average molecular weight is 384 g/mol. The maximum absolute atomic E-state index is 12.6. The van der Waals surface area contributed by atoms with Crippen LogP contribution in [0.15, 0.2) is 48.5 Å². The molecule has 0 saturated carbocycles. The predicted octanol–water partition coefficient (Wildman–Crippen LogP) is 4.45. The lowest BCUT2D eigenvalue weighted by Crippen LogP contribution is -2.13. The van der Waals surface area contributed by atoms with E-state index in [9.17, 15) is 14.4 Å². The van der Waals surface area contributed by atoms with E-state index in [1.807, 2.05) is 44.2 Å². The van der Waals surface area contributed by atoms with Crippen molar-refractivity contribution in [3.05, 3.63) is 59.7 Å². The molecule has 0 aromatic heterocycles. The fourth-order valence-corrected chi connectivity index (χ4v) is 2.39. The van der Waals surface area contributed by atoms with Gasteiger partial charge in [-0.1, -0.05) is 44.2 Å². The molecule has 2 aromatic carbocycles. The lowest BCUT2D eigenvalue weighted by molar-refractivity contribution is -0.135. The molecule has 0 N–H and O–H groups in total. The van der Waals surface area contributed by atoms with Crippen molar-refractivity contribution in [2.24, 2.45) is 0 Å². The number of rotatable bonds is 9. The molecule has 0 aliphatic rings. The van der Waals surface area contributed by atoms with Crippen molar-refractivity contribution >= 4 is 17.9 Å². The Hall–Kier alpha value is -3.15. The number of hydrogen-bond acceptors (Lipinski definition) is 6. The van der Waals surface area contributed by atoms with Crippen molar-refractivity contribution in [2.75, 3.05) is 0 Å². The quantitative estimate of drug-likeness (QED) is 0.469. The zero-order chi connectivity index (χ0) is 20.4. The van der Waals surface area contributed by atoms with Gasteiger partial charge in [-0.2, -0.15) is 0 Å². The molecule has 28 heavy (non-hydrogen) atoms. The van der Waals surface area contributed by atoms with Crippen LogP contribution in [-0.4, -0.2) is 17.9 Å². The molecular formula is C22H24O6. The van der Waals surface area contributed by atoms with Crippen molar-refractivity contribution < 1.29 is 28.6 Å². The highest BCUT2D eigenvalue weighted by atomic mass is 16.6. The van der Waals surface area contributed by atoms with Gasteiger partial charge in [-0.15, -0.1) is 0 Å². The lowest BCUT2D eigenvalue weighted by Gasteiger charge is -2.12. The summed E-state index contributed by atoms with van der Waals surface area (Å²) in [5.41, 5.74) is 0.855. The molecule has 0 bridgehead atoms. The Balaban J connectivity index is 2.20. The van der Waals surface area contributed by atoms with Crippen LogP contribution in [0, 0.1) is 0 Å². The molecule has 0 fully saturated rings. The molecule has 0 aliphatic carbocycles. The standard InChI is InChI=1S/C22H24O6/c1-3-8-20(23)27-17-12-13-19(28-21(24)9-4-2)18(14-17)22(25)26-15-16-10-6-5-7-11-16/h5-7,10-14H,3-4,8-9,15H2,1-2H3. The Morgan fingerprint density at radius 2 is 1.46 bits per heavy atom. The molecule has 0 spiro atoms. The van der Waals surface area contributed by atoms with Crippen LogP contribution in [0.1, 0.15) is 55.5 Å². The minimum absolute atomic E-state index is 0.0298. The van der Waals surface area contributed by atoms with E-state index in [0.717, 1.165) is 5.56 Å². The Kier molecular flexibility index (Phi) is 8.21. The van der Waals surface area contributed by atoms with Crippen molar-refractivity contribution in [3.8, 4) is 11.5 Å². The Morgan fingerprint density at radius 3 is 2.11 bits per heavy atom. The van der Waals surface area contributed by atoms with E-state index in [1.165, 1.54) is 18.2 Å². The molecule has 0 amide bonds. The highest BCUT2D eigenvalue weighted by molar-refractivity contribution is 5.94. The molecule has 0 saturated heterocycles. The fraction of sp³-hybridized carbons (Fsp3) is 0.318. The van der Waals surface area contributed by atoms with Crippen LogP contribution in [0.3, 0.4) is 0 Å². The molecule has 0 radical (unpaired) electrons. The third kappa shape index (κ3) is 6.54. The molecule has 2 aromatic rings. The van der Waals surface area contributed by atoms with Gasteiger partial charge in [-0.25, -0.2) is 4.79 Å². The first-order valence-electron chi connectivity index (χ1n) is 9.30. The maximum Gasteiger partial charge on any atom is 0.342 e. The highest BCUT2D eigenvalue weighted by Gasteiger charge is 2.19. The van der Waals surface area contributed by atoms with Crippen molar-refractivity contribution in [1.82, 2.24) is 0 Å². The van der Waals surface area contributed by atoms with Crippen LogP contribution < -0.4 is 9.47 Å². The molecule has 6 nitrogen and oxygen atoms in total. The Labute approximate surface area is 164 Å². The monoisotopic (exact) mass is 384 g/mol. The smallest absolute Gasteiger partial charge is 0.342 e. The van der Waals surface area contributed by atoms with E-state index in [1.54, 1.807) is 0 Å². The molecule has 0 atom stereocenters. The third-order valence-corrected chi connectivity index (χ3v) is 3.75. The van der Waals surface area contributed by atoms with Crippen molar-refractivity contribution in [3.63, 3.8) is 0 Å². The first-order valence-corrected chi connectivity index (χ1v) is 9.30. The summed E-state index contributed by atoms with van der Waals surface area (Å²) < 4.78 is 15.8. The van der Waals surface area contributed by atoms with Gasteiger partial charge in [0.2, 0.25) is 0 Å². The largest absolute Gasteiger partial charge is 0.457 e. The normalized spacial score (nSPS) is 10.2. The second kappa shape index (κ2) is 10.9. The summed E-state index contributed by atoms with van der Waals surface area (Å²) in [6.07, 6.45) is 1.77. The number of carbonyl (C=O) groups is 3. The maximum atomic E-state index is 12.6. The SMILES string of the molecule is CCCC(=O)Oc1ccc(OC(=O)CCC)c(C(=O)OCc2ccccc2)c1.